The van der Waals surface area contributed by atoms with Crippen molar-refractivity contribution in [1.29, 1.82) is 0 Å². The molecule has 0 bridgehead atoms. The summed E-state index contributed by atoms with van der Waals surface area (Å²) in [7, 11) is 0. The van der Waals surface area contributed by atoms with Crippen LogP contribution in [0.2, 0.25) is 5.02 Å². The Bertz CT molecular complexity index is 636. The molecule has 2 N–H and O–H groups in total. The lowest BCUT2D eigenvalue weighted by Gasteiger charge is -2.25. The van der Waals surface area contributed by atoms with Crippen LogP contribution in [-0.2, 0) is 6.42 Å². The number of anilines is 1. The molecular weight excluding hydrogens is 292 g/mol. The minimum Gasteiger partial charge on any atom is -0.353 e. The molecule has 2 heterocycles. The fraction of sp³-hybridized carbons (Fsp3) is 0.267. The zero-order valence-corrected chi connectivity index (χ0v) is 12.6. The maximum Gasteiger partial charge on any atom is 0.256 e. The van der Waals surface area contributed by atoms with Gasteiger partial charge < -0.3 is 10.6 Å². The van der Waals surface area contributed by atoms with Crippen molar-refractivity contribution >= 4 is 33.8 Å². The summed E-state index contributed by atoms with van der Waals surface area (Å²) in [5, 5.41) is 8.01. The summed E-state index contributed by atoms with van der Waals surface area (Å²) in [6.07, 6.45) is 1.90. The topological polar surface area (TPSA) is 41.1 Å². The second-order valence-corrected chi connectivity index (χ2v) is 6.38. The molecule has 0 aliphatic carbocycles. The number of aryl methyl sites for hydroxylation is 1. The molecule has 0 fully saturated rings. The number of fused-ring (bicyclic) bond motifs is 1. The zero-order chi connectivity index (χ0) is 14.1. The Hall–Kier alpha value is -1.52. The van der Waals surface area contributed by atoms with Crippen LogP contribution in [0.25, 0.3) is 0 Å². The van der Waals surface area contributed by atoms with Gasteiger partial charge in [0.05, 0.1) is 5.56 Å². The third-order valence-electron chi connectivity index (χ3n) is 3.28. The number of carbonyl (C=O) groups is 1. The van der Waals surface area contributed by atoms with E-state index >= 15 is 0 Å². The van der Waals surface area contributed by atoms with E-state index in [-0.39, 0.29) is 12.1 Å². The first-order chi connectivity index (χ1) is 9.67. The first-order valence-corrected chi connectivity index (χ1v) is 7.82. The molecule has 1 aliphatic rings. The molecule has 1 amide bonds. The Labute approximate surface area is 127 Å². The van der Waals surface area contributed by atoms with Crippen LogP contribution in [0.3, 0.4) is 0 Å². The average Bonchev–Trinajstić information content (AvgIpc) is 2.83. The van der Waals surface area contributed by atoms with Crippen LogP contribution in [0.5, 0.6) is 0 Å². The zero-order valence-electron chi connectivity index (χ0n) is 11.1. The Morgan fingerprint density at radius 1 is 1.25 bits per heavy atom. The van der Waals surface area contributed by atoms with Gasteiger partial charge in [-0.05, 0) is 30.2 Å². The summed E-state index contributed by atoms with van der Waals surface area (Å²) < 4.78 is 0. The second-order valence-electron chi connectivity index (χ2n) is 4.81. The summed E-state index contributed by atoms with van der Waals surface area (Å²) >= 11 is 7.56. The molecule has 20 heavy (non-hydrogen) atoms. The molecule has 1 aromatic heterocycles. The van der Waals surface area contributed by atoms with Gasteiger partial charge in [-0.3, -0.25) is 4.79 Å². The number of nitrogens with one attached hydrogen (secondary N) is 2. The molecule has 3 nitrogen and oxygen atoms in total. The summed E-state index contributed by atoms with van der Waals surface area (Å²) in [6, 6.07) is 9.50. The molecule has 1 aromatic carbocycles. The third-order valence-corrected chi connectivity index (χ3v) is 4.66. The maximum atomic E-state index is 12.2. The first kappa shape index (κ1) is 13.5. The number of rotatable bonds is 3. The normalized spacial score (nSPS) is 17.3. The van der Waals surface area contributed by atoms with Crippen LogP contribution in [0.15, 0.2) is 30.3 Å². The standard InChI is InChI=1S/C15H15ClN2OS/c1-2-3-11-8-12-14(19)17-13(18-15(12)20-11)9-4-6-10(16)7-5-9/h4-8,13,18H,2-3H2,1H3,(H,17,19). The van der Waals surface area contributed by atoms with Gasteiger partial charge in [0.15, 0.2) is 0 Å². The van der Waals surface area contributed by atoms with Gasteiger partial charge in [-0.2, -0.15) is 0 Å². The predicted octanol–water partition coefficient (Wildman–Crippen LogP) is 4.21. The van der Waals surface area contributed by atoms with Gasteiger partial charge in [-0.25, -0.2) is 0 Å². The van der Waals surface area contributed by atoms with E-state index in [4.69, 9.17) is 11.6 Å². The highest BCUT2D eigenvalue weighted by molar-refractivity contribution is 7.16. The second kappa shape index (κ2) is 5.46. The molecule has 0 spiro atoms. The summed E-state index contributed by atoms with van der Waals surface area (Å²) in [5.74, 6) is -0.0164. The van der Waals surface area contributed by atoms with Crippen molar-refractivity contribution in [2.45, 2.75) is 25.9 Å². The minimum atomic E-state index is -0.194. The van der Waals surface area contributed by atoms with Crippen molar-refractivity contribution in [1.82, 2.24) is 5.32 Å². The van der Waals surface area contributed by atoms with Crippen molar-refractivity contribution in [3.8, 4) is 0 Å². The lowest BCUT2D eigenvalue weighted by molar-refractivity contribution is 0.0936. The van der Waals surface area contributed by atoms with Gasteiger partial charge in [-0.1, -0.05) is 37.1 Å². The molecule has 3 rings (SSSR count). The Morgan fingerprint density at radius 2 is 2.00 bits per heavy atom. The summed E-state index contributed by atoms with van der Waals surface area (Å²) in [5.41, 5.74) is 1.75. The first-order valence-electron chi connectivity index (χ1n) is 6.63. The number of hydrogen-bond donors (Lipinski definition) is 2. The minimum absolute atomic E-state index is 0.0164. The fourth-order valence-corrected chi connectivity index (χ4v) is 3.59. The van der Waals surface area contributed by atoms with Crippen LogP contribution in [-0.4, -0.2) is 5.91 Å². The van der Waals surface area contributed by atoms with Crippen LogP contribution < -0.4 is 10.6 Å². The third kappa shape index (κ3) is 2.53. The quantitative estimate of drug-likeness (QED) is 0.892. The van der Waals surface area contributed by atoms with Crippen molar-refractivity contribution in [2.24, 2.45) is 0 Å². The number of hydrogen-bond acceptors (Lipinski definition) is 3. The van der Waals surface area contributed by atoms with E-state index in [9.17, 15) is 4.79 Å². The van der Waals surface area contributed by atoms with E-state index < -0.39 is 0 Å². The molecule has 1 atom stereocenters. The van der Waals surface area contributed by atoms with Crippen molar-refractivity contribution in [2.75, 3.05) is 5.32 Å². The SMILES string of the molecule is CCCc1cc2c(s1)NC(c1ccc(Cl)cc1)NC2=O. The van der Waals surface area contributed by atoms with E-state index in [2.05, 4.69) is 17.6 Å². The van der Waals surface area contributed by atoms with Crippen LogP contribution >= 0.6 is 22.9 Å². The van der Waals surface area contributed by atoms with Gasteiger partial charge in [0.2, 0.25) is 0 Å². The molecule has 5 heteroatoms. The van der Waals surface area contributed by atoms with E-state index in [0.717, 1.165) is 29.0 Å². The number of thiophene rings is 1. The van der Waals surface area contributed by atoms with E-state index in [0.29, 0.717) is 5.02 Å². The fourth-order valence-electron chi connectivity index (χ4n) is 2.29. The van der Waals surface area contributed by atoms with E-state index in [1.54, 1.807) is 11.3 Å². The highest BCUT2D eigenvalue weighted by Crippen LogP contribution is 2.34. The van der Waals surface area contributed by atoms with Crippen molar-refractivity contribution in [3.63, 3.8) is 0 Å². The molecule has 1 aliphatic heterocycles. The van der Waals surface area contributed by atoms with Gasteiger partial charge >= 0.3 is 0 Å². The Kier molecular flexibility index (Phi) is 3.68. The lowest BCUT2D eigenvalue weighted by atomic mass is 10.1. The molecule has 2 aromatic rings. The monoisotopic (exact) mass is 306 g/mol. The molecule has 104 valence electrons. The smallest absolute Gasteiger partial charge is 0.256 e. The number of benzene rings is 1. The van der Waals surface area contributed by atoms with Crippen LogP contribution in [0, 0.1) is 0 Å². The number of amides is 1. The molecule has 0 radical (unpaired) electrons. The molecular formula is C15H15ClN2OS. The predicted molar refractivity (Wildman–Crippen MR) is 83.6 cm³/mol. The van der Waals surface area contributed by atoms with E-state index in [1.807, 2.05) is 30.3 Å². The Morgan fingerprint density at radius 3 is 2.70 bits per heavy atom. The average molecular weight is 307 g/mol. The maximum absolute atomic E-state index is 12.2. The lowest BCUT2D eigenvalue weighted by Crippen LogP contribution is -2.37. The number of halogens is 1. The molecule has 0 saturated heterocycles. The molecule has 1 unspecified atom stereocenters. The van der Waals surface area contributed by atoms with Gasteiger partial charge in [0.25, 0.3) is 5.91 Å². The summed E-state index contributed by atoms with van der Waals surface area (Å²) in [6.45, 7) is 2.14. The van der Waals surface area contributed by atoms with Gasteiger partial charge in [0.1, 0.15) is 11.2 Å². The summed E-state index contributed by atoms with van der Waals surface area (Å²) in [4.78, 5) is 13.4. The van der Waals surface area contributed by atoms with Gasteiger partial charge in [0, 0.05) is 9.90 Å². The van der Waals surface area contributed by atoms with Gasteiger partial charge in [-0.15, -0.1) is 11.3 Å². The van der Waals surface area contributed by atoms with Crippen molar-refractivity contribution in [3.05, 3.63) is 51.4 Å². The highest BCUT2D eigenvalue weighted by Gasteiger charge is 2.26. The van der Waals surface area contributed by atoms with Crippen LogP contribution in [0.4, 0.5) is 5.00 Å². The van der Waals surface area contributed by atoms with Crippen molar-refractivity contribution < 1.29 is 4.79 Å². The van der Waals surface area contributed by atoms with Crippen LogP contribution in [0.1, 0.15) is 40.3 Å². The largest absolute Gasteiger partial charge is 0.353 e. The van der Waals surface area contributed by atoms with E-state index in [1.165, 1.54) is 4.88 Å². The number of carbonyl (C=O) groups excluding carboxylic acids is 1. The highest BCUT2D eigenvalue weighted by atomic mass is 35.5. The Balaban J connectivity index is 1.88. The molecule has 0 saturated carbocycles.